The lowest BCUT2D eigenvalue weighted by atomic mass is 9.95. The summed E-state index contributed by atoms with van der Waals surface area (Å²) in [7, 11) is 0. The number of carbonyl (C=O) groups is 15. The molecule has 1 aromatic carbocycles. The molecule has 0 spiro atoms. The highest BCUT2D eigenvalue weighted by molar-refractivity contribution is 5.78. The molecule has 0 N–H and O–H groups in total. The molecule has 0 aromatic heterocycles. The highest BCUT2D eigenvalue weighted by atomic mass is 16.8. The lowest BCUT2D eigenvalue weighted by molar-refractivity contribution is -0.363. The molecular weight excluding hydrogens is 1720 g/mol. The Morgan fingerprint density at radius 2 is 0.450 bits per heavy atom. The van der Waals surface area contributed by atoms with E-state index in [4.69, 9.17) is 106 Å². The monoisotopic (exact) mass is 1870 g/mol. The van der Waals surface area contributed by atoms with E-state index in [1.807, 2.05) is 31.2 Å². The minimum Gasteiger partial charge on any atom is -0.463 e. The fourth-order valence-electron chi connectivity index (χ4n) is 11.7. The van der Waals surface area contributed by atoms with Crippen molar-refractivity contribution in [1.82, 2.24) is 0 Å². The van der Waals surface area contributed by atoms with E-state index in [1.165, 1.54) is 41.5 Å². The molecule has 4 aliphatic rings. The fourth-order valence-corrected chi connectivity index (χ4v) is 11.7. The molecule has 0 radical (unpaired) electrons. The van der Waals surface area contributed by atoms with Crippen molar-refractivity contribution in [3.63, 3.8) is 0 Å². The van der Waals surface area contributed by atoms with Crippen LogP contribution in [0.15, 0.2) is 24.3 Å². The van der Waals surface area contributed by atoms with E-state index in [-0.39, 0.29) is 6.61 Å². The third kappa shape index (κ3) is 36.0. The third-order valence-corrected chi connectivity index (χ3v) is 19.8. The van der Waals surface area contributed by atoms with Gasteiger partial charge in [0.25, 0.3) is 0 Å². The van der Waals surface area contributed by atoms with Gasteiger partial charge in [-0.15, -0.1) is 0 Å². The van der Waals surface area contributed by atoms with Crippen LogP contribution in [0.1, 0.15) is 234 Å². The van der Waals surface area contributed by atoms with Crippen LogP contribution in [0.5, 0.6) is 0 Å². The average Bonchev–Trinajstić information content (AvgIpc) is 0.762. The van der Waals surface area contributed by atoms with Crippen molar-refractivity contribution >= 4 is 89.5 Å². The summed E-state index contributed by atoms with van der Waals surface area (Å²) in [4.78, 5) is 200. The highest BCUT2D eigenvalue weighted by Crippen LogP contribution is 2.41. The molecule has 1 aromatic rings. The van der Waals surface area contributed by atoms with Gasteiger partial charge in [0.05, 0.1) is 95.4 Å². The molecular formula is C94H148O37. The minimum atomic E-state index is -1.89. The number of benzene rings is 1. The Balaban J connectivity index is 0.000000661. The van der Waals surface area contributed by atoms with Gasteiger partial charge in [0, 0.05) is 1.37 Å². The van der Waals surface area contributed by atoms with Crippen molar-refractivity contribution < 1.29 is 177 Å². The summed E-state index contributed by atoms with van der Waals surface area (Å²) in [5, 5.41) is 0. The SMILES string of the molecule is CC(C)C(=O)OCC1OC(OC(=O)C(C)C)C(OC(=O)C(C)C)[C@@H](OC(=O)C(C)C)[C@@H]1O[C@@H]1OC(COC(=O)C(C)C)[C@H](OC(=O)C(C)C)[C@H](OC(=O)C(C)C)C1OC(=O)C(C)C.Cc1cccc(COC2OC(COC(=O)C(C)C)[C@@H](O[C@@H]3OC(COC(=O)C(C)C)[C@H](OC(=O)C(C)C)[C@H](OC(=O)C(C)C)C3OC(=O)C(C)C)[C@H](OC(=O)C(C)C)C2OC(=O)C(C)C)c1.[2H]CC. The van der Waals surface area contributed by atoms with Crippen LogP contribution in [-0.2, 0) is 183 Å². The summed E-state index contributed by atoms with van der Waals surface area (Å²) in [6.07, 6.45) is -32.7. The normalized spacial score (nSPS) is 25.6. The molecule has 0 aliphatic carbocycles. The predicted octanol–water partition coefficient (Wildman–Crippen LogP) is 10.9. The minimum absolute atomic E-state index is 0.0634. The van der Waals surface area contributed by atoms with Gasteiger partial charge in [-0.1, -0.05) is 251 Å². The zero-order valence-corrected chi connectivity index (χ0v) is 82.4. The molecule has 10 unspecified atom stereocenters. The van der Waals surface area contributed by atoms with Crippen LogP contribution in [0, 0.1) is 95.7 Å². The first-order chi connectivity index (χ1) is 61.4. The Kier molecular flexibility index (Phi) is 48.0. The van der Waals surface area contributed by atoms with Crippen LogP contribution in [0.2, 0.25) is 0 Å². The van der Waals surface area contributed by atoms with Crippen molar-refractivity contribution in [3.05, 3.63) is 35.4 Å². The molecule has 37 nitrogen and oxygen atoms in total. The predicted molar refractivity (Wildman–Crippen MR) is 463 cm³/mol. The molecule has 37 heteroatoms. The van der Waals surface area contributed by atoms with Crippen LogP contribution in [0.3, 0.4) is 0 Å². The van der Waals surface area contributed by atoms with Crippen molar-refractivity contribution in [2.45, 2.75) is 358 Å². The van der Waals surface area contributed by atoms with Crippen molar-refractivity contribution in [3.8, 4) is 0 Å². The molecule has 4 fully saturated rings. The quantitative estimate of drug-likeness (QED) is 0.0434. The largest absolute Gasteiger partial charge is 0.463 e. The molecule has 0 bridgehead atoms. The van der Waals surface area contributed by atoms with Crippen LogP contribution >= 0.6 is 0 Å². The standard InChI is InChI=1S/C48H72O18.C44H70O19.C2H6/c1-23(2)40(49)56-21-32-34(61-42(51)25(5)6)36(62-43(52)26(7)8)39(65-46(55)29(13)14)48(60-32)66-35-33(22-57-41(50)24(3)4)59-47(58-20-31-18-16-17-30(15)19-31)38(64-45(54)28(11)12)37(35)63-44(53)27(9)10;1-19(2)35(45)53-17-27-29(57-37(47)21(5)6)31(58-38(48)22(7)8)33(60-40(50)24(11)12)43(55-27)62-30-28(18-54-36(46)20(3)4)56-44(63-42(52)26(15)16)34(61-41(51)25(13)14)32(30)59-39(49)23(9)10;1-2/h16-19,23-29,32-39,47-48H,20-22H2,1-15H3;19-34,43-44H,17-18H2,1-16H3;1-2H3/t32?,33?,34-,35+,36-,37-,38?,39?,47?,48-;27?,28?,29-,30+,31-,32-,33?,34?,43-,44?;/m00./s1/i;;1D. The zero-order valence-electron chi connectivity index (χ0n) is 83.4. The molecule has 20 atom stereocenters. The van der Waals surface area contributed by atoms with Crippen molar-refractivity contribution in [2.75, 3.05) is 26.4 Å². The molecule has 746 valence electrons. The number of hydrogen-bond acceptors (Lipinski definition) is 37. The van der Waals surface area contributed by atoms with Crippen LogP contribution < -0.4 is 0 Å². The Morgan fingerprint density at radius 3 is 0.695 bits per heavy atom. The second-order valence-corrected chi connectivity index (χ2v) is 37.0. The van der Waals surface area contributed by atoms with Crippen LogP contribution in [-0.4, -0.2) is 239 Å². The summed E-state index contributed by atoms with van der Waals surface area (Å²) in [6, 6.07) is 7.43. The van der Waals surface area contributed by atoms with Gasteiger partial charge in [0.1, 0.15) is 63.1 Å². The maximum absolute atomic E-state index is 13.7. The van der Waals surface area contributed by atoms with E-state index in [0.717, 1.165) is 11.1 Å². The molecule has 0 saturated carbocycles. The first-order valence-corrected chi connectivity index (χ1v) is 45.2. The maximum atomic E-state index is 13.7. The molecule has 131 heavy (non-hydrogen) atoms. The molecule has 5 rings (SSSR count). The van der Waals surface area contributed by atoms with Crippen molar-refractivity contribution in [2.24, 2.45) is 88.8 Å². The zero-order chi connectivity index (χ0) is 101. The van der Waals surface area contributed by atoms with Crippen LogP contribution in [0.4, 0.5) is 0 Å². The summed E-state index contributed by atoms with van der Waals surface area (Å²) in [5.41, 5.74) is 1.67. The Labute approximate surface area is 772 Å². The van der Waals surface area contributed by atoms with Crippen molar-refractivity contribution in [1.29, 1.82) is 0 Å². The van der Waals surface area contributed by atoms with E-state index in [0.29, 0.717) is 6.90 Å². The van der Waals surface area contributed by atoms with E-state index in [9.17, 15) is 71.9 Å². The molecule has 4 heterocycles. The second kappa shape index (κ2) is 55.0. The number of esters is 15. The van der Waals surface area contributed by atoms with Gasteiger partial charge in [-0.2, -0.15) is 0 Å². The van der Waals surface area contributed by atoms with Gasteiger partial charge in [0.15, 0.2) is 73.8 Å². The Bertz CT molecular complexity index is 3900. The summed E-state index contributed by atoms with van der Waals surface area (Å²) in [5.74, 6) is -21.9. The number of ether oxygens (including phenoxy) is 22. The van der Waals surface area contributed by atoms with Gasteiger partial charge >= 0.3 is 89.5 Å². The summed E-state index contributed by atoms with van der Waals surface area (Å²) >= 11 is 0. The molecule has 0 amide bonds. The van der Waals surface area contributed by atoms with E-state index in [2.05, 4.69) is 0 Å². The van der Waals surface area contributed by atoms with Gasteiger partial charge < -0.3 is 104 Å². The Hall–Kier alpha value is -9.01. The van der Waals surface area contributed by atoms with Gasteiger partial charge in [-0.3, -0.25) is 71.9 Å². The number of rotatable bonds is 41. The topological polar surface area (TPSA) is 459 Å². The summed E-state index contributed by atoms with van der Waals surface area (Å²) < 4.78 is 140. The van der Waals surface area contributed by atoms with E-state index >= 15 is 0 Å². The first-order valence-electron chi connectivity index (χ1n) is 45.9. The van der Waals surface area contributed by atoms with Crippen LogP contribution in [0.25, 0.3) is 0 Å². The Morgan fingerprint density at radius 1 is 0.260 bits per heavy atom. The highest BCUT2D eigenvalue weighted by Gasteiger charge is 2.62. The number of carbonyl (C=O) groups excluding carboxylic acids is 15. The smallest absolute Gasteiger partial charge is 0.310 e. The molecule has 4 aliphatic heterocycles. The lowest BCUT2D eigenvalue weighted by Gasteiger charge is -2.49. The van der Waals surface area contributed by atoms with Gasteiger partial charge in [0.2, 0.25) is 12.4 Å². The average molecular weight is 1870 g/mol. The van der Waals surface area contributed by atoms with E-state index in [1.54, 1.807) is 173 Å². The third-order valence-electron chi connectivity index (χ3n) is 19.8. The van der Waals surface area contributed by atoms with Gasteiger partial charge in [-0.25, -0.2) is 0 Å². The summed E-state index contributed by atoms with van der Waals surface area (Å²) in [6.45, 7) is 48.8. The first kappa shape index (κ1) is 114. The second-order valence-electron chi connectivity index (χ2n) is 37.0. The van der Waals surface area contributed by atoms with Gasteiger partial charge in [-0.05, 0) is 12.5 Å². The number of hydrogen-bond donors (Lipinski definition) is 0. The molecule has 4 saturated heterocycles. The van der Waals surface area contributed by atoms with E-state index < -0.39 is 328 Å². The fraction of sp³-hybridized carbons (Fsp3) is 0.777. The lowest BCUT2D eigenvalue weighted by Crippen LogP contribution is -2.68. The maximum Gasteiger partial charge on any atom is 0.310 e. The number of aryl methyl sites for hydroxylation is 1.